The molecule has 3 aromatic carbocycles. The van der Waals surface area contributed by atoms with Gasteiger partial charge in [-0.25, -0.2) is 8.78 Å². The number of carbonyl (C=O) groups is 2. The summed E-state index contributed by atoms with van der Waals surface area (Å²) in [5.74, 6) is -1.58. The molecule has 2 atom stereocenters. The minimum absolute atomic E-state index is 0.00692. The second-order valence-corrected chi connectivity index (χ2v) is 10.1. The van der Waals surface area contributed by atoms with E-state index in [1.165, 1.54) is 46.1 Å². The first kappa shape index (κ1) is 26.5. The molecule has 1 aromatic heterocycles. The van der Waals surface area contributed by atoms with Gasteiger partial charge < -0.3 is 10.2 Å². The van der Waals surface area contributed by atoms with Crippen molar-refractivity contribution in [3.05, 3.63) is 95.6 Å². The van der Waals surface area contributed by atoms with Crippen LogP contribution in [-0.2, 0) is 16.1 Å². The molecule has 0 bridgehead atoms. The molecule has 2 amide bonds. The van der Waals surface area contributed by atoms with Gasteiger partial charge in [-0.15, -0.1) is 0 Å². The topological polar surface area (TPSA) is 80.1 Å². The normalized spacial score (nSPS) is 15.6. The number of carbonyl (C=O) groups excluding carboxylic acids is 2. The van der Waals surface area contributed by atoms with Crippen molar-refractivity contribution >= 4 is 22.8 Å². The highest BCUT2D eigenvalue weighted by Gasteiger charge is 2.36. The Morgan fingerprint density at radius 3 is 2.05 bits per heavy atom. The molecule has 1 heterocycles. The van der Waals surface area contributed by atoms with E-state index in [1.54, 1.807) is 19.1 Å². The Balaban J connectivity index is 1.53. The Kier molecular flexibility index (Phi) is 7.95. The van der Waals surface area contributed by atoms with Gasteiger partial charge in [-0.2, -0.15) is 15.0 Å². The fourth-order valence-electron chi connectivity index (χ4n) is 5.12. The Hall–Kier alpha value is -4.14. The molecule has 9 heteroatoms. The van der Waals surface area contributed by atoms with Crippen LogP contribution in [0.5, 0.6) is 0 Å². The van der Waals surface area contributed by atoms with E-state index in [2.05, 4.69) is 15.5 Å². The number of hydrogen-bond acceptors (Lipinski definition) is 4. The summed E-state index contributed by atoms with van der Waals surface area (Å²) in [6.45, 7) is 1.71. The maximum Gasteiger partial charge on any atom is 0.250 e. The quantitative estimate of drug-likeness (QED) is 0.326. The second kappa shape index (κ2) is 11.7. The lowest BCUT2D eigenvalue weighted by atomic mass is 9.94. The molecule has 5 rings (SSSR count). The minimum Gasteiger partial charge on any atom is -0.351 e. The predicted molar refractivity (Wildman–Crippen MR) is 143 cm³/mol. The van der Waals surface area contributed by atoms with Crippen molar-refractivity contribution in [1.82, 2.24) is 25.2 Å². The van der Waals surface area contributed by atoms with Gasteiger partial charge in [0.15, 0.2) is 0 Å². The maximum atomic E-state index is 14.2. The first-order valence-electron chi connectivity index (χ1n) is 13.3. The standard InChI is InChI=1S/C30H31F2N5O2/c1-20(37-34-26-9-5-6-10-27(26)35-37)30(39)36(19-21-11-15-23(31)16-12-21)28(22-13-17-24(32)18-14-22)29(38)33-25-7-3-2-4-8-25/h5-6,9-18,20,25,28H,2-4,7-8,19H2,1H3,(H,33,38)/t20-,28+/m0/s1. The molecule has 1 saturated carbocycles. The van der Waals surface area contributed by atoms with Crippen LogP contribution >= 0.6 is 0 Å². The second-order valence-electron chi connectivity index (χ2n) is 10.1. The van der Waals surface area contributed by atoms with Gasteiger partial charge in [-0.05, 0) is 67.3 Å². The SMILES string of the molecule is C[C@@H](C(=O)N(Cc1ccc(F)cc1)[C@@H](C(=O)NC1CCCCC1)c1ccc(F)cc1)n1nc2ccccc2n1. The molecule has 202 valence electrons. The van der Waals surface area contributed by atoms with Crippen molar-refractivity contribution in [1.29, 1.82) is 0 Å². The first-order chi connectivity index (χ1) is 18.9. The summed E-state index contributed by atoms with van der Waals surface area (Å²) in [6, 6.07) is 16.8. The van der Waals surface area contributed by atoms with Gasteiger partial charge in [-0.1, -0.05) is 55.7 Å². The molecule has 4 aromatic rings. The smallest absolute Gasteiger partial charge is 0.250 e. The number of nitrogens with one attached hydrogen (secondary N) is 1. The lowest BCUT2D eigenvalue weighted by molar-refractivity contribution is -0.144. The van der Waals surface area contributed by atoms with Crippen molar-refractivity contribution in [2.24, 2.45) is 0 Å². The Morgan fingerprint density at radius 2 is 1.46 bits per heavy atom. The van der Waals surface area contributed by atoms with E-state index in [4.69, 9.17) is 0 Å². The van der Waals surface area contributed by atoms with Crippen LogP contribution in [0.4, 0.5) is 8.78 Å². The number of aromatic nitrogens is 3. The summed E-state index contributed by atoms with van der Waals surface area (Å²) in [4.78, 5) is 30.9. The van der Waals surface area contributed by atoms with E-state index in [0.29, 0.717) is 22.2 Å². The fraction of sp³-hybridized carbons (Fsp3) is 0.333. The zero-order chi connectivity index (χ0) is 27.4. The molecule has 0 aliphatic heterocycles. The van der Waals surface area contributed by atoms with Crippen LogP contribution in [0.3, 0.4) is 0 Å². The van der Waals surface area contributed by atoms with E-state index in [9.17, 15) is 18.4 Å². The van der Waals surface area contributed by atoms with Crippen molar-refractivity contribution in [3.63, 3.8) is 0 Å². The van der Waals surface area contributed by atoms with E-state index >= 15 is 0 Å². The molecule has 1 N–H and O–H groups in total. The van der Waals surface area contributed by atoms with Gasteiger partial charge >= 0.3 is 0 Å². The van der Waals surface area contributed by atoms with Gasteiger partial charge in [0.05, 0.1) is 0 Å². The number of nitrogens with zero attached hydrogens (tertiary/aromatic N) is 4. The van der Waals surface area contributed by atoms with Crippen LogP contribution in [0.2, 0.25) is 0 Å². The average Bonchev–Trinajstić information content (AvgIpc) is 3.39. The zero-order valence-corrected chi connectivity index (χ0v) is 21.8. The van der Waals surface area contributed by atoms with Gasteiger partial charge in [0.2, 0.25) is 11.8 Å². The van der Waals surface area contributed by atoms with Crippen LogP contribution < -0.4 is 5.32 Å². The third-order valence-corrected chi connectivity index (χ3v) is 7.25. The highest BCUT2D eigenvalue weighted by Crippen LogP contribution is 2.28. The maximum absolute atomic E-state index is 14.2. The molecule has 7 nitrogen and oxygen atoms in total. The Morgan fingerprint density at radius 1 is 0.897 bits per heavy atom. The lowest BCUT2D eigenvalue weighted by Crippen LogP contribution is -2.48. The number of hydrogen-bond donors (Lipinski definition) is 1. The molecule has 39 heavy (non-hydrogen) atoms. The molecule has 0 saturated heterocycles. The summed E-state index contributed by atoms with van der Waals surface area (Å²) in [7, 11) is 0. The van der Waals surface area contributed by atoms with Crippen LogP contribution in [0.1, 0.15) is 62.2 Å². The highest BCUT2D eigenvalue weighted by atomic mass is 19.1. The molecule has 0 spiro atoms. The molecule has 0 radical (unpaired) electrons. The average molecular weight is 532 g/mol. The summed E-state index contributed by atoms with van der Waals surface area (Å²) < 4.78 is 27.6. The lowest BCUT2D eigenvalue weighted by Gasteiger charge is -2.34. The molecule has 1 fully saturated rings. The van der Waals surface area contributed by atoms with Crippen LogP contribution in [0, 0.1) is 11.6 Å². The number of fused-ring (bicyclic) bond motifs is 1. The highest BCUT2D eigenvalue weighted by molar-refractivity contribution is 5.90. The fourth-order valence-corrected chi connectivity index (χ4v) is 5.12. The van der Waals surface area contributed by atoms with Crippen molar-refractivity contribution in [2.45, 2.75) is 63.7 Å². The zero-order valence-electron chi connectivity index (χ0n) is 21.8. The van der Waals surface area contributed by atoms with E-state index < -0.39 is 29.6 Å². The van der Waals surface area contributed by atoms with Gasteiger partial charge in [0.25, 0.3) is 0 Å². The number of rotatable bonds is 8. The third kappa shape index (κ3) is 6.13. The third-order valence-electron chi connectivity index (χ3n) is 7.25. The van der Waals surface area contributed by atoms with E-state index in [0.717, 1.165) is 32.1 Å². The monoisotopic (exact) mass is 531 g/mol. The predicted octanol–water partition coefficient (Wildman–Crippen LogP) is 5.49. The molecular formula is C30H31F2N5O2. The van der Waals surface area contributed by atoms with Crippen molar-refractivity contribution < 1.29 is 18.4 Å². The number of amides is 2. The summed E-state index contributed by atoms with van der Waals surface area (Å²) in [6.07, 6.45) is 4.92. The molecule has 0 unspecified atom stereocenters. The van der Waals surface area contributed by atoms with Crippen molar-refractivity contribution in [3.8, 4) is 0 Å². The van der Waals surface area contributed by atoms with E-state index in [1.807, 2.05) is 24.3 Å². The van der Waals surface area contributed by atoms with Crippen molar-refractivity contribution in [2.75, 3.05) is 0 Å². The first-order valence-corrected chi connectivity index (χ1v) is 13.3. The number of benzene rings is 3. The largest absolute Gasteiger partial charge is 0.351 e. The number of halogens is 2. The summed E-state index contributed by atoms with van der Waals surface area (Å²) in [5, 5.41) is 12.1. The molecular weight excluding hydrogens is 500 g/mol. The van der Waals surface area contributed by atoms with Gasteiger partial charge in [0, 0.05) is 12.6 Å². The summed E-state index contributed by atoms with van der Waals surface area (Å²) in [5.41, 5.74) is 2.42. The van der Waals surface area contributed by atoms with Crippen LogP contribution in [0.15, 0.2) is 72.8 Å². The Labute approximate surface area is 225 Å². The minimum atomic E-state index is -1.04. The van der Waals surface area contributed by atoms with Crippen LogP contribution in [0.25, 0.3) is 11.0 Å². The van der Waals surface area contributed by atoms with E-state index in [-0.39, 0.29) is 18.5 Å². The van der Waals surface area contributed by atoms with Gasteiger partial charge in [-0.3, -0.25) is 9.59 Å². The summed E-state index contributed by atoms with van der Waals surface area (Å²) >= 11 is 0. The molecule has 1 aliphatic carbocycles. The van der Waals surface area contributed by atoms with Crippen LogP contribution in [-0.4, -0.2) is 37.7 Å². The molecule has 1 aliphatic rings. The van der Waals surface area contributed by atoms with Gasteiger partial charge in [0.1, 0.15) is 34.8 Å². The Bertz CT molecular complexity index is 1400.